The molecule has 1 aromatic heterocycles. The Bertz CT molecular complexity index is 985. The summed E-state index contributed by atoms with van der Waals surface area (Å²) in [7, 11) is 0. The maximum absolute atomic E-state index is 9.55. The van der Waals surface area contributed by atoms with Crippen LogP contribution in [0.1, 0.15) is 18.4 Å². The second-order valence-electron chi connectivity index (χ2n) is 7.99. The summed E-state index contributed by atoms with van der Waals surface area (Å²) < 4.78 is 0. The number of aryl methyl sites for hydroxylation is 1. The Hall–Kier alpha value is -3.72. The Kier molecular flexibility index (Phi) is 9.60. The maximum atomic E-state index is 9.55. The summed E-state index contributed by atoms with van der Waals surface area (Å²) >= 11 is 0. The molecule has 2 aliphatic heterocycles. The molecule has 34 heavy (non-hydrogen) atoms. The zero-order valence-corrected chi connectivity index (χ0v) is 19.1. The SMILES string of the molecule is O=C(O)C=CC(=O)O.c1ccc(N2CCN(CCCNC3=Nc4ccccc4CC3)CC2)nc1. The van der Waals surface area contributed by atoms with E-state index in [-0.39, 0.29) is 0 Å². The first kappa shape index (κ1) is 24.9. The van der Waals surface area contributed by atoms with Crippen LogP contribution in [-0.2, 0) is 16.0 Å². The smallest absolute Gasteiger partial charge is 0.328 e. The molecule has 9 nitrogen and oxygen atoms in total. The Balaban J connectivity index is 0.000000350. The average molecular weight is 466 g/mol. The van der Waals surface area contributed by atoms with Gasteiger partial charge in [-0.25, -0.2) is 19.6 Å². The Labute approximate surface area is 199 Å². The van der Waals surface area contributed by atoms with Gasteiger partial charge in [-0.05, 0) is 43.1 Å². The highest BCUT2D eigenvalue weighted by Gasteiger charge is 2.17. The Morgan fingerprint density at radius 3 is 2.32 bits per heavy atom. The van der Waals surface area contributed by atoms with Crippen LogP contribution < -0.4 is 10.2 Å². The lowest BCUT2D eigenvalue weighted by Gasteiger charge is -2.35. The van der Waals surface area contributed by atoms with Gasteiger partial charge in [-0.2, -0.15) is 0 Å². The zero-order valence-electron chi connectivity index (χ0n) is 19.1. The first-order chi connectivity index (χ1) is 16.5. The van der Waals surface area contributed by atoms with Gasteiger partial charge in [-0.15, -0.1) is 0 Å². The van der Waals surface area contributed by atoms with Gasteiger partial charge in [0.25, 0.3) is 0 Å². The number of aliphatic carboxylic acids is 2. The molecule has 0 saturated carbocycles. The molecule has 4 rings (SSSR count). The minimum atomic E-state index is -1.26. The van der Waals surface area contributed by atoms with Gasteiger partial charge in [-0.1, -0.05) is 24.3 Å². The fraction of sp³-hybridized carbons (Fsp3) is 0.360. The zero-order chi connectivity index (χ0) is 24.2. The van der Waals surface area contributed by atoms with Gasteiger partial charge in [-0.3, -0.25) is 4.90 Å². The van der Waals surface area contributed by atoms with E-state index in [0.717, 1.165) is 75.9 Å². The standard InChI is InChI=1S/C21H27N5.C4H4O4/c1-2-7-19-18(6-1)9-10-20(24-19)22-12-5-13-25-14-16-26(17-15-25)21-8-3-4-11-23-21;5-3(6)1-2-4(7)8/h1-4,6-8,11H,5,9-10,12-17H2,(H,22,24);1-2H,(H,5,6)(H,7,8). The number of hydrogen-bond donors (Lipinski definition) is 3. The fourth-order valence-electron chi connectivity index (χ4n) is 3.83. The van der Waals surface area contributed by atoms with Crippen molar-refractivity contribution in [1.82, 2.24) is 15.2 Å². The van der Waals surface area contributed by atoms with E-state index in [1.807, 2.05) is 12.3 Å². The number of pyridine rings is 1. The molecule has 0 amide bonds. The summed E-state index contributed by atoms with van der Waals surface area (Å²) in [5.41, 5.74) is 2.50. The minimum absolute atomic E-state index is 0.558. The number of anilines is 1. The molecule has 0 atom stereocenters. The van der Waals surface area contributed by atoms with E-state index in [1.54, 1.807) is 0 Å². The highest BCUT2D eigenvalue weighted by Crippen LogP contribution is 2.24. The van der Waals surface area contributed by atoms with Crippen molar-refractivity contribution in [2.75, 3.05) is 44.2 Å². The minimum Gasteiger partial charge on any atom is -0.478 e. The van der Waals surface area contributed by atoms with Gasteiger partial charge in [0.1, 0.15) is 11.7 Å². The second kappa shape index (κ2) is 13.1. The van der Waals surface area contributed by atoms with Crippen molar-refractivity contribution >= 4 is 29.3 Å². The molecule has 3 N–H and O–H groups in total. The van der Waals surface area contributed by atoms with Gasteiger partial charge in [0, 0.05) is 57.5 Å². The Morgan fingerprint density at radius 2 is 1.65 bits per heavy atom. The van der Waals surface area contributed by atoms with Crippen LogP contribution in [0.15, 0.2) is 65.8 Å². The largest absolute Gasteiger partial charge is 0.478 e. The first-order valence-corrected chi connectivity index (χ1v) is 11.4. The lowest BCUT2D eigenvalue weighted by Crippen LogP contribution is -2.47. The molecule has 2 aliphatic rings. The molecule has 1 saturated heterocycles. The van der Waals surface area contributed by atoms with E-state index in [2.05, 4.69) is 56.5 Å². The normalized spacial score (nSPS) is 15.6. The van der Waals surface area contributed by atoms with E-state index in [1.165, 1.54) is 5.56 Å². The quantitative estimate of drug-likeness (QED) is 0.422. The van der Waals surface area contributed by atoms with E-state index >= 15 is 0 Å². The van der Waals surface area contributed by atoms with Crippen LogP contribution in [0.4, 0.5) is 11.5 Å². The lowest BCUT2D eigenvalue weighted by atomic mass is 10.0. The third-order valence-electron chi connectivity index (χ3n) is 5.57. The van der Waals surface area contributed by atoms with E-state index in [4.69, 9.17) is 15.2 Å². The van der Waals surface area contributed by atoms with Gasteiger partial charge in [0.05, 0.1) is 5.69 Å². The molecule has 9 heteroatoms. The first-order valence-electron chi connectivity index (χ1n) is 11.4. The third-order valence-corrected chi connectivity index (χ3v) is 5.57. The number of carbonyl (C=O) groups is 2. The van der Waals surface area contributed by atoms with Crippen LogP contribution in [0.3, 0.4) is 0 Å². The van der Waals surface area contributed by atoms with Crippen LogP contribution in [0.5, 0.6) is 0 Å². The van der Waals surface area contributed by atoms with Crippen molar-refractivity contribution in [3.05, 3.63) is 66.4 Å². The van der Waals surface area contributed by atoms with E-state index in [9.17, 15) is 9.59 Å². The van der Waals surface area contributed by atoms with Gasteiger partial charge < -0.3 is 20.4 Å². The molecule has 180 valence electrons. The van der Waals surface area contributed by atoms with E-state index < -0.39 is 11.9 Å². The van der Waals surface area contributed by atoms with Crippen molar-refractivity contribution in [2.45, 2.75) is 19.3 Å². The number of piperazine rings is 1. The summed E-state index contributed by atoms with van der Waals surface area (Å²) in [5.74, 6) is -0.270. The number of nitrogens with zero attached hydrogens (tertiary/aromatic N) is 4. The predicted molar refractivity (Wildman–Crippen MR) is 132 cm³/mol. The lowest BCUT2D eigenvalue weighted by molar-refractivity contribution is -0.134. The summed E-state index contributed by atoms with van der Waals surface area (Å²) in [4.78, 5) is 33.2. The van der Waals surface area contributed by atoms with Crippen molar-refractivity contribution < 1.29 is 19.8 Å². The third kappa shape index (κ3) is 8.32. The van der Waals surface area contributed by atoms with Crippen LogP contribution >= 0.6 is 0 Å². The van der Waals surface area contributed by atoms with Gasteiger partial charge in [0.15, 0.2) is 0 Å². The van der Waals surface area contributed by atoms with Crippen LogP contribution in [0.25, 0.3) is 0 Å². The van der Waals surface area contributed by atoms with Gasteiger partial charge >= 0.3 is 11.9 Å². The summed E-state index contributed by atoms with van der Waals surface area (Å²) in [6.45, 7) is 6.51. The average Bonchev–Trinajstić information content (AvgIpc) is 2.86. The number of fused-ring (bicyclic) bond motifs is 1. The molecule has 0 radical (unpaired) electrons. The number of para-hydroxylation sites is 1. The summed E-state index contributed by atoms with van der Waals surface area (Å²) in [6, 6.07) is 14.6. The molecule has 3 heterocycles. The molecule has 2 aromatic rings. The van der Waals surface area contributed by atoms with Crippen molar-refractivity contribution in [1.29, 1.82) is 0 Å². The summed E-state index contributed by atoms with van der Waals surface area (Å²) in [5, 5.41) is 19.2. The maximum Gasteiger partial charge on any atom is 0.328 e. The number of benzene rings is 1. The van der Waals surface area contributed by atoms with Crippen LogP contribution in [-0.4, -0.2) is 77.1 Å². The number of hydrogen-bond acceptors (Lipinski definition) is 7. The van der Waals surface area contributed by atoms with Crippen LogP contribution in [0.2, 0.25) is 0 Å². The number of aromatic nitrogens is 1. The molecule has 0 bridgehead atoms. The van der Waals surface area contributed by atoms with Crippen LogP contribution in [0, 0.1) is 0 Å². The topological polar surface area (TPSA) is 118 Å². The summed E-state index contributed by atoms with van der Waals surface area (Å²) in [6.07, 6.45) is 6.27. The number of carboxylic acid groups (broad SMARTS) is 2. The van der Waals surface area contributed by atoms with Crippen molar-refractivity contribution in [2.24, 2.45) is 4.99 Å². The number of nitrogens with one attached hydrogen (secondary N) is 1. The highest BCUT2D eigenvalue weighted by molar-refractivity contribution is 5.89. The predicted octanol–water partition coefficient (Wildman–Crippen LogP) is 2.57. The molecule has 0 unspecified atom stereocenters. The number of amidine groups is 1. The molecular formula is C25H31N5O4. The van der Waals surface area contributed by atoms with Crippen molar-refractivity contribution in [3.8, 4) is 0 Å². The number of carboxylic acids is 2. The molecule has 1 fully saturated rings. The number of aliphatic imine (C=N–C) groups is 1. The molecule has 0 spiro atoms. The monoisotopic (exact) mass is 465 g/mol. The Morgan fingerprint density at radius 1 is 0.941 bits per heavy atom. The molecule has 0 aliphatic carbocycles. The number of rotatable bonds is 7. The van der Waals surface area contributed by atoms with Crippen molar-refractivity contribution in [3.63, 3.8) is 0 Å². The molecular weight excluding hydrogens is 434 g/mol. The van der Waals surface area contributed by atoms with Gasteiger partial charge in [0.2, 0.25) is 0 Å². The fourth-order valence-corrected chi connectivity index (χ4v) is 3.83. The van der Waals surface area contributed by atoms with E-state index in [0.29, 0.717) is 12.2 Å². The molecule has 1 aromatic carbocycles. The second-order valence-corrected chi connectivity index (χ2v) is 7.99. The highest BCUT2D eigenvalue weighted by atomic mass is 16.4.